The molecule has 2 rings (SSSR count). The van der Waals surface area contributed by atoms with Crippen molar-refractivity contribution in [1.82, 2.24) is 0 Å². The molecular weight excluding hydrogens is 270 g/mol. The van der Waals surface area contributed by atoms with E-state index in [9.17, 15) is 10.0 Å². The number of rotatable bonds is 6. The van der Waals surface area contributed by atoms with Gasteiger partial charge in [0, 0.05) is 6.42 Å². The van der Waals surface area contributed by atoms with Gasteiger partial charge in [0.05, 0.1) is 12.9 Å². The summed E-state index contributed by atoms with van der Waals surface area (Å²) in [5, 5.41) is 12.2. The third-order valence-corrected chi connectivity index (χ3v) is 2.94. The molecule has 2 aromatic rings. The topological polar surface area (TPSA) is 65.5 Å². The van der Waals surface area contributed by atoms with Gasteiger partial charge in [0.1, 0.15) is 0 Å². The molecule has 0 unspecified atom stereocenters. The van der Waals surface area contributed by atoms with Gasteiger partial charge in [0.2, 0.25) is 6.21 Å². The lowest BCUT2D eigenvalue weighted by molar-refractivity contribution is -0.484. The van der Waals surface area contributed by atoms with Gasteiger partial charge in [-0.15, -0.1) is 0 Å². The zero-order chi connectivity index (χ0) is 15.1. The fraction of sp³-hybridized carbons (Fsp3) is 0.250. The quantitative estimate of drug-likeness (QED) is 0.269. The van der Waals surface area contributed by atoms with E-state index in [2.05, 4.69) is 0 Å². The molecule has 5 nitrogen and oxygen atoms in total. The number of nitrogens with zero attached hydrogens (tertiary/aromatic N) is 1. The first-order valence-corrected chi connectivity index (χ1v) is 6.75. The average molecular weight is 287 g/mol. The molecule has 0 bridgehead atoms. The minimum atomic E-state index is -0.933. The van der Waals surface area contributed by atoms with Crippen LogP contribution >= 0.6 is 0 Å². The Morgan fingerprint density at radius 2 is 2.10 bits per heavy atom. The van der Waals surface area contributed by atoms with Crippen molar-refractivity contribution >= 4 is 12.2 Å². The summed E-state index contributed by atoms with van der Waals surface area (Å²) in [6.07, 6.45) is 3.00. The zero-order valence-electron chi connectivity index (χ0n) is 11.8. The first-order valence-electron chi connectivity index (χ1n) is 6.75. The van der Waals surface area contributed by atoms with Gasteiger partial charge in [-0.05, 0) is 24.6 Å². The highest BCUT2D eigenvalue weighted by atomic mass is 16.5. The summed E-state index contributed by atoms with van der Waals surface area (Å²) >= 11 is 0. The Hall–Kier alpha value is -2.56. The number of benzene rings is 1. The number of ether oxygens (including phenoxy) is 1. The van der Waals surface area contributed by atoms with Gasteiger partial charge in [-0.25, -0.2) is 4.79 Å². The summed E-state index contributed by atoms with van der Waals surface area (Å²) in [5.74, 6) is -0.147. The van der Waals surface area contributed by atoms with E-state index in [1.54, 1.807) is 19.1 Å². The Bertz CT molecular complexity index is 590. The van der Waals surface area contributed by atoms with E-state index in [1.807, 2.05) is 30.3 Å². The van der Waals surface area contributed by atoms with Crippen LogP contribution in [0.2, 0.25) is 0 Å². The largest absolute Gasteiger partial charge is 0.623 e. The van der Waals surface area contributed by atoms with Crippen molar-refractivity contribution in [3.63, 3.8) is 0 Å². The Morgan fingerprint density at radius 1 is 1.33 bits per heavy atom. The van der Waals surface area contributed by atoms with Crippen LogP contribution in [0.5, 0.6) is 0 Å². The second-order valence-corrected chi connectivity index (χ2v) is 4.46. The van der Waals surface area contributed by atoms with Crippen LogP contribution in [0.15, 0.2) is 53.1 Å². The van der Waals surface area contributed by atoms with Crippen molar-refractivity contribution in [3.8, 4) is 0 Å². The van der Waals surface area contributed by atoms with Crippen molar-refractivity contribution in [2.45, 2.75) is 19.4 Å². The average Bonchev–Trinajstić information content (AvgIpc) is 2.99. The molecule has 0 fully saturated rings. The highest BCUT2D eigenvalue weighted by Crippen LogP contribution is 2.08. The second-order valence-electron chi connectivity index (χ2n) is 4.46. The fourth-order valence-corrected chi connectivity index (χ4v) is 1.93. The van der Waals surface area contributed by atoms with E-state index in [-0.39, 0.29) is 13.0 Å². The number of carbonyl (C=O) groups is 1. The maximum atomic E-state index is 12.2. The number of carbonyl (C=O) groups excluding carboxylic acids is 1. The number of furan rings is 1. The van der Waals surface area contributed by atoms with E-state index in [0.29, 0.717) is 10.5 Å². The molecule has 0 saturated heterocycles. The lowest BCUT2D eigenvalue weighted by Gasteiger charge is -2.15. The highest BCUT2D eigenvalue weighted by Gasteiger charge is 2.28. The van der Waals surface area contributed by atoms with Gasteiger partial charge in [0.15, 0.2) is 5.76 Å². The molecule has 1 atom stereocenters. The van der Waals surface area contributed by atoms with Crippen molar-refractivity contribution in [2.75, 3.05) is 6.61 Å². The predicted molar refractivity (Wildman–Crippen MR) is 78.1 cm³/mol. The SMILES string of the molecule is CCOC(=O)[C@H](Cc1ccccc1)/[N+]([O-])=C/c1ccco1. The maximum absolute atomic E-state index is 12.2. The third-order valence-electron chi connectivity index (χ3n) is 2.94. The minimum Gasteiger partial charge on any atom is -0.623 e. The monoisotopic (exact) mass is 287 g/mol. The van der Waals surface area contributed by atoms with Crippen LogP contribution in [0, 0.1) is 5.21 Å². The first-order chi connectivity index (χ1) is 10.2. The zero-order valence-corrected chi connectivity index (χ0v) is 11.8. The molecule has 0 amide bonds. The Morgan fingerprint density at radius 3 is 2.71 bits per heavy atom. The maximum Gasteiger partial charge on any atom is 0.377 e. The summed E-state index contributed by atoms with van der Waals surface area (Å²) in [4.78, 5) is 12.0. The van der Waals surface area contributed by atoms with E-state index < -0.39 is 12.0 Å². The summed E-state index contributed by atoms with van der Waals surface area (Å²) in [6, 6.07) is 11.7. The van der Waals surface area contributed by atoms with Crippen molar-refractivity contribution in [3.05, 3.63) is 65.3 Å². The van der Waals surface area contributed by atoms with Crippen LogP contribution in [-0.2, 0) is 16.0 Å². The lowest BCUT2D eigenvalue weighted by Crippen LogP contribution is -2.35. The molecule has 0 radical (unpaired) electrons. The van der Waals surface area contributed by atoms with E-state index in [1.165, 1.54) is 12.5 Å². The summed E-state index contributed by atoms with van der Waals surface area (Å²) in [5.41, 5.74) is 0.893. The first kappa shape index (κ1) is 14.8. The fourth-order valence-electron chi connectivity index (χ4n) is 1.93. The molecular formula is C16H17NO4. The van der Waals surface area contributed by atoms with Crippen LogP contribution in [0.3, 0.4) is 0 Å². The normalized spacial score (nSPS) is 12.9. The van der Waals surface area contributed by atoms with Crippen LogP contribution < -0.4 is 0 Å². The van der Waals surface area contributed by atoms with Gasteiger partial charge in [0.25, 0.3) is 6.04 Å². The van der Waals surface area contributed by atoms with Gasteiger partial charge >= 0.3 is 5.97 Å². The Balaban J connectivity index is 2.21. The summed E-state index contributed by atoms with van der Waals surface area (Å²) in [6.45, 7) is 1.95. The van der Waals surface area contributed by atoms with Crippen LogP contribution in [0.1, 0.15) is 18.2 Å². The molecule has 1 aromatic carbocycles. The third kappa shape index (κ3) is 4.21. The van der Waals surface area contributed by atoms with Gasteiger partial charge in [-0.1, -0.05) is 30.3 Å². The van der Waals surface area contributed by atoms with Crippen molar-refractivity contribution in [2.24, 2.45) is 0 Å². The second kappa shape index (κ2) is 7.28. The Labute approximate surface area is 123 Å². The molecule has 110 valence electrons. The number of hydrogen-bond acceptors (Lipinski definition) is 4. The molecule has 1 heterocycles. The van der Waals surface area contributed by atoms with Gasteiger partial charge in [-0.2, -0.15) is 4.74 Å². The number of hydrogen-bond donors (Lipinski definition) is 0. The van der Waals surface area contributed by atoms with Gasteiger partial charge < -0.3 is 14.4 Å². The van der Waals surface area contributed by atoms with Crippen LogP contribution in [0.4, 0.5) is 0 Å². The molecule has 0 saturated carbocycles. The smallest absolute Gasteiger partial charge is 0.377 e. The molecule has 21 heavy (non-hydrogen) atoms. The molecule has 0 aliphatic heterocycles. The summed E-state index contributed by atoms with van der Waals surface area (Å²) < 4.78 is 10.7. The van der Waals surface area contributed by atoms with Crippen LogP contribution in [-0.4, -0.2) is 29.6 Å². The minimum absolute atomic E-state index is 0.235. The van der Waals surface area contributed by atoms with Crippen molar-refractivity contribution in [1.29, 1.82) is 0 Å². The van der Waals surface area contributed by atoms with E-state index >= 15 is 0 Å². The molecule has 0 spiro atoms. The molecule has 0 aliphatic rings. The molecule has 1 aromatic heterocycles. The molecule has 0 N–H and O–H groups in total. The van der Waals surface area contributed by atoms with E-state index in [0.717, 1.165) is 5.56 Å². The van der Waals surface area contributed by atoms with Gasteiger partial charge in [-0.3, -0.25) is 0 Å². The highest BCUT2D eigenvalue weighted by molar-refractivity contribution is 5.77. The molecule has 5 heteroatoms. The summed E-state index contributed by atoms with van der Waals surface area (Å²) in [7, 11) is 0. The number of hydroxylamine groups is 1. The lowest BCUT2D eigenvalue weighted by atomic mass is 10.1. The van der Waals surface area contributed by atoms with Crippen molar-refractivity contribution < 1.29 is 18.7 Å². The number of esters is 1. The Kier molecular flexibility index (Phi) is 5.15. The molecule has 0 aliphatic carbocycles. The van der Waals surface area contributed by atoms with Crippen LogP contribution in [0.25, 0.3) is 0 Å². The standard InChI is InChI=1S/C16H17NO4/c1-2-20-16(18)15(11-13-7-4-3-5-8-13)17(19)12-14-9-6-10-21-14/h3-10,12,15H,2,11H2,1H3/b17-12-/t15-/m0/s1. The predicted octanol–water partition coefficient (Wildman–Crippen LogP) is 2.38. The van der Waals surface area contributed by atoms with E-state index in [4.69, 9.17) is 9.15 Å².